The monoisotopic (exact) mass is 247 g/mol. The second-order valence-electron chi connectivity index (χ2n) is 4.15. The minimum Gasteiger partial charge on any atom is -0.423 e. The van der Waals surface area contributed by atoms with E-state index in [9.17, 15) is 0 Å². The van der Waals surface area contributed by atoms with Gasteiger partial charge in [-0.05, 0) is 19.1 Å². The van der Waals surface area contributed by atoms with Gasteiger partial charge in [0.15, 0.2) is 5.58 Å². The average molecular weight is 247 g/mol. The second-order valence-corrected chi connectivity index (χ2v) is 4.15. The number of ether oxygens (including phenoxy) is 1. The lowest BCUT2D eigenvalue weighted by Crippen LogP contribution is -2.10. The van der Waals surface area contributed by atoms with E-state index in [1.165, 1.54) is 0 Å². The van der Waals surface area contributed by atoms with Gasteiger partial charge in [-0.2, -0.15) is 4.98 Å². The van der Waals surface area contributed by atoms with Crippen molar-refractivity contribution in [2.45, 2.75) is 6.92 Å². The SMILES string of the molecule is C=C(C)COCCNc1nc2c(N)cccc2o1. The molecule has 1 aromatic heterocycles. The Kier molecular flexibility index (Phi) is 3.84. The molecule has 96 valence electrons. The standard InChI is InChI=1S/C13H17N3O2/c1-9(2)8-17-7-6-15-13-16-12-10(14)4-3-5-11(12)18-13/h3-5H,1,6-8,14H2,2H3,(H,15,16). The number of fused-ring (bicyclic) bond motifs is 1. The highest BCUT2D eigenvalue weighted by atomic mass is 16.5. The smallest absolute Gasteiger partial charge is 0.295 e. The van der Waals surface area contributed by atoms with E-state index in [4.69, 9.17) is 14.9 Å². The molecule has 0 spiro atoms. The molecule has 0 unspecified atom stereocenters. The highest BCUT2D eigenvalue weighted by molar-refractivity contribution is 5.86. The highest BCUT2D eigenvalue weighted by Gasteiger charge is 2.06. The number of nitrogens with zero attached hydrogens (tertiary/aromatic N) is 1. The Bertz CT molecular complexity index is 548. The summed E-state index contributed by atoms with van der Waals surface area (Å²) in [5, 5.41) is 3.05. The average Bonchev–Trinajstić information content (AvgIpc) is 2.72. The van der Waals surface area contributed by atoms with Crippen molar-refractivity contribution in [1.29, 1.82) is 0 Å². The molecule has 0 aliphatic rings. The maximum Gasteiger partial charge on any atom is 0.295 e. The summed E-state index contributed by atoms with van der Waals surface area (Å²) < 4.78 is 10.9. The van der Waals surface area contributed by atoms with Gasteiger partial charge in [0.1, 0.15) is 5.52 Å². The van der Waals surface area contributed by atoms with Crippen molar-refractivity contribution in [3.05, 3.63) is 30.4 Å². The second kappa shape index (κ2) is 5.55. The quantitative estimate of drug-likeness (QED) is 0.466. The number of nitrogens with one attached hydrogen (secondary N) is 1. The number of hydrogen-bond acceptors (Lipinski definition) is 5. The predicted molar refractivity (Wildman–Crippen MR) is 72.5 cm³/mol. The first-order valence-electron chi connectivity index (χ1n) is 5.78. The van der Waals surface area contributed by atoms with E-state index < -0.39 is 0 Å². The van der Waals surface area contributed by atoms with Crippen LogP contribution in [0.2, 0.25) is 0 Å². The van der Waals surface area contributed by atoms with Gasteiger partial charge in [-0.15, -0.1) is 0 Å². The van der Waals surface area contributed by atoms with Gasteiger partial charge >= 0.3 is 0 Å². The zero-order valence-corrected chi connectivity index (χ0v) is 10.4. The van der Waals surface area contributed by atoms with Crippen LogP contribution in [0.1, 0.15) is 6.92 Å². The molecule has 0 atom stereocenters. The molecule has 0 aliphatic carbocycles. The van der Waals surface area contributed by atoms with E-state index in [1.54, 1.807) is 6.07 Å². The number of aromatic nitrogens is 1. The van der Waals surface area contributed by atoms with E-state index in [2.05, 4.69) is 16.9 Å². The summed E-state index contributed by atoms with van der Waals surface area (Å²) >= 11 is 0. The van der Waals surface area contributed by atoms with Crippen LogP contribution in [0.15, 0.2) is 34.8 Å². The Morgan fingerprint density at radius 1 is 1.56 bits per heavy atom. The topological polar surface area (TPSA) is 73.3 Å². The van der Waals surface area contributed by atoms with Crippen molar-refractivity contribution < 1.29 is 9.15 Å². The lowest BCUT2D eigenvalue weighted by Gasteiger charge is -2.03. The highest BCUT2D eigenvalue weighted by Crippen LogP contribution is 2.23. The molecule has 2 rings (SSSR count). The summed E-state index contributed by atoms with van der Waals surface area (Å²) in [5.41, 5.74) is 8.78. The first kappa shape index (κ1) is 12.4. The maximum absolute atomic E-state index is 5.79. The van der Waals surface area contributed by atoms with Gasteiger partial charge in [0.25, 0.3) is 6.01 Å². The third-order valence-electron chi connectivity index (χ3n) is 2.32. The molecule has 1 heterocycles. The molecule has 18 heavy (non-hydrogen) atoms. The number of rotatable bonds is 6. The Morgan fingerprint density at radius 2 is 2.39 bits per heavy atom. The largest absolute Gasteiger partial charge is 0.423 e. The molecule has 1 aromatic carbocycles. The van der Waals surface area contributed by atoms with Gasteiger partial charge in [-0.25, -0.2) is 0 Å². The summed E-state index contributed by atoms with van der Waals surface area (Å²) in [5.74, 6) is 0. The van der Waals surface area contributed by atoms with Gasteiger partial charge in [-0.3, -0.25) is 0 Å². The zero-order chi connectivity index (χ0) is 13.0. The number of oxazole rings is 1. The minimum absolute atomic E-state index is 0.460. The van der Waals surface area contributed by atoms with Crippen molar-refractivity contribution in [2.75, 3.05) is 30.8 Å². The molecule has 0 fully saturated rings. The zero-order valence-electron chi connectivity index (χ0n) is 10.4. The number of anilines is 2. The van der Waals surface area contributed by atoms with Crippen LogP contribution < -0.4 is 11.1 Å². The van der Waals surface area contributed by atoms with Crippen molar-refractivity contribution >= 4 is 22.8 Å². The molecule has 0 bridgehead atoms. The van der Waals surface area contributed by atoms with Gasteiger partial charge in [-0.1, -0.05) is 18.2 Å². The lowest BCUT2D eigenvalue weighted by molar-refractivity contribution is 0.166. The van der Waals surface area contributed by atoms with Crippen LogP contribution in [0.25, 0.3) is 11.1 Å². The van der Waals surface area contributed by atoms with E-state index in [0.717, 1.165) is 5.57 Å². The van der Waals surface area contributed by atoms with Crippen LogP contribution in [-0.2, 0) is 4.74 Å². The summed E-state index contributed by atoms with van der Waals surface area (Å²) in [4.78, 5) is 4.27. The fraction of sp³-hybridized carbons (Fsp3) is 0.308. The van der Waals surface area contributed by atoms with Gasteiger partial charge < -0.3 is 20.2 Å². The van der Waals surface area contributed by atoms with Crippen LogP contribution in [0.3, 0.4) is 0 Å². The first-order valence-corrected chi connectivity index (χ1v) is 5.78. The predicted octanol–water partition coefficient (Wildman–Crippen LogP) is 2.41. The van der Waals surface area contributed by atoms with Gasteiger partial charge in [0.2, 0.25) is 0 Å². The van der Waals surface area contributed by atoms with Crippen LogP contribution in [-0.4, -0.2) is 24.7 Å². The van der Waals surface area contributed by atoms with Crippen LogP contribution in [0, 0.1) is 0 Å². The molecule has 5 heteroatoms. The van der Waals surface area contributed by atoms with E-state index >= 15 is 0 Å². The minimum atomic E-state index is 0.460. The Balaban J connectivity index is 1.88. The fourth-order valence-electron chi connectivity index (χ4n) is 1.52. The number of benzene rings is 1. The first-order chi connectivity index (χ1) is 8.66. The van der Waals surface area contributed by atoms with Crippen LogP contribution in [0.4, 0.5) is 11.7 Å². The van der Waals surface area contributed by atoms with E-state index in [0.29, 0.717) is 42.6 Å². The molecular formula is C13H17N3O2. The maximum atomic E-state index is 5.79. The van der Waals surface area contributed by atoms with Crippen molar-refractivity contribution in [1.82, 2.24) is 4.98 Å². The summed E-state index contributed by atoms with van der Waals surface area (Å²) in [6.45, 7) is 7.45. The normalized spacial score (nSPS) is 10.7. The van der Waals surface area contributed by atoms with Gasteiger partial charge in [0, 0.05) is 6.54 Å². The lowest BCUT2D eigenvalue weighted by atomic mass is 10.3. The fourth-order valence-corrected chi connectivity index (χ4v) is 1.52. The summed E-state index contributed by atoms with van der Waals surface area (Å²) in [6, 6.07) is 5.93. The molecular weight excluding hydrogens is 230 g/mol. The molecule has 5 nitrogen and oxygen atoms in total. The molecule has 0 saturated heterocycles. The van der Waals surface area contributed by atoms with Crippen molar-refractivity contribution in [3.63, 3.8) is 0 Å². The van der Waals surface area contributed by atoms with Crippen molar-refractivity contribution in [3.8, 4) is 0 Å². The molecule has 0 saturated carbocycles. The number of para-hydroxylation sites is 1. The number of nitrogen functional groups attached to an aromatic ring is 1. The molecule has 0 amide bonds. The van der Waals surface area contributed by atoms with Gasteiger partial charge in [0.05, 0.1) is 18.9 Å². The van der Waals surface area contributed by atoms with Crippen LogP contribution >= 0.6 is 0 Å². The summed E-state index contributed by atoms with van der Waals surface area (Å²) in [7, 11) is 0. The van der Waals surface area contributed by atoms with Crippen LogP contribution in [0.5, 0.6) is 0 Å². The number of nitrogens with two attached hydrogens (primary N) is 1. The number of hydrogen-bond donors (Lipinski definition) is 2. The van der Waals surface area contributed by atoms with Crippen molar-refractivity contribution in [2.24, 2.45) is 0 Å². The third kappa shape index (κ3) is 3.01. The Labute approximate surface area is 106 Å². The molecule has 3 N–H and O–H groups in total. The summed E-state index contributed by atoms with van der Waals surface area (Å²) in [6.07, 6.45) is 0. The molecule has 2 aromatic rings. The Morgan fingerprint density at radius 3 is 3.11 bits per heavy atom. The Hall–Kier alpha value is -2.01. The molecule has 0 radical (unpaired) electrons. The van der Waals surface area contributed by atoms with E-state index in [-0.39, 0.29) is 0 Å². The molecule has 0 aliphatic heterocycles. The third-order valence-corrected chi connectivity index (χ3v) is 2.32. The van der Waals surface area contributed by atoms with E-state index in [1.807, 2.05) is 19.1 Å².